The van der Waals surface area contributed by atoms with Gasteiger partial charge in [0, 0.05) is 21.3 Å². The molecule has 4 rings (SSSR count). The number of aliphatic hydroxyl groups excluding tert-OH is 1. The minimum Gasteiger partial charge on any atom is -0.408 e. The highest BCUT2D eigenvalue weighted by molar-refractivity contribution is 6.99. The van der Waals surface area contributed by atoms with Crippen LogP contribution in [-0.4, -0.2) is 92.7 Å². The van der Waals surface area contributed by atoms with E-state index in [1.165, 1.54) is 10.4 Å². The van der Waals surface area contributed by atoms with E-state index in [2.05, 4.69) is 134 Å². The highest BCUT2D eigenvalue weighted by atomic mass is 28.4. The van der Waals surface area contributed by atoms with Gasteiger partial charge in [-0.3, -0.25) is 0 Å². The first kappa shape index (κ1) is 47.7. The van der Waals surface area contributed by atoms with Gasteiger partial charge in [-0.15, -0.1) is 0 Å². The predicted octanol–water partition coefficient (Wildman–Crippen LogP) is 9.14. The molecule has 0 unspecified atom stereocenters. The molecule has 1 heterocycles. The molecule has 1 N–H and O–H groups in total. The predicted molar refractivity (Wildman–Crippen MR) is 240 cm³/mol. The van der Waals surface area contributed by atoms with Gasteiger partial charge in [0.1, 0.15) is 31.2 Å². The molecule has 1 fully saturated rings. The van der Waals surface area contributed by atoms with Gasteiger partial charge in [-0.25, -0.2) is 0 Å². The Morgan fingerprint density at radius 1 is 0.772 bits per heavy atom. The number of benzene rings is 3. The molecule has 11 heteroatoms. The average Bonchev–Trinajstić information content (AvgIpc) is 3.56. The molecule has 0 spiro atoms. The van der Waals surface area contributed by atoms with Crippen LogP contribution in [0.15, 0.2) is 91.0 Å². The number of hydrogen-bond donors (Lipinski definition) is 1. The number of rotatable bonds is 24. The van der Waals surface area contributed by atoms with Crippen LogP contribution in [-0.2, 0) is 39.1 Å². The summed E-state index contributed by atoms with van der Waals surface area (Å²) in [6.45, 7) is 26.0. The molecule has 1 saturated heterocycles. The monoisotopic (exact) mass is 838 g/mol. The third kappa shape index (κ3) is 13.2. The summed E-state index contributed by atoms with van der Waals surface area (Å²) in [6.07, 6.45) is -3.16. The molecule has 1 aliphatic rings. The summed E-state index contributed by atoms with van der Waals surface area (Å²) in [5.74, 6) is -0.825. The molecule has 0 aliphatic carbocycles. The van der Waals surface area contributed by atoms with Crippen molar-refractivity contribution in [1.29, 1.82) is 0 Å². The van der Waals surface area contributed by atoms with Crippen LogP contribution in [0.4, 0.5) is 0 Å². The van der Waals surface area contributed by atoms with Gasteiger partial charge in [-0.2, -0.15) is 0 Å². The number of hydrogen-bond acceptors (Lipinski definition) is 8. The van der Waals surface area contributed by atoms with Gasteiger partial charge >= 0.3 is 0 Å². The van der Waals surface area contributed by atoms with Crippen LogP contribution < -0.4 is 10.4 Å². The van der Waals surface area contributed by atoms with E-state index < -0.39 is 61.0 Å². The lowest BCUT2D eigenvalue weighted by Crippen LogP contribution is -2.66. The molecular weight excluding hydrogens is 765 g/mol. The van der Waals surface area contributed by atoms with Gasteiger partial charge < -0.3 is 37.6 Å². The summed E-state index contributed by atoms with van der Waals surface area (Å²) < 4.78 is 47.2. The van der Waals surface area contributed by atoms with Crippen molar-refractivity contribution in [3.05, 3.63) is 96.6 Å². The quantitative estimate of drug-likeness (QED) is 0.0544. The topological polar surface area (TPSA) is 84.8 Å². The van der Waals surface area contributed by atoms with Crippen LogP contribution in [0.25, 0.3) is 0 Å². The molecular formula is C46H74O8Si3. The van der Waals surface area contributed by atoms with Crippen LogP contribution in [0.2, 0.25) is 48.9 Å². The molecule has 318 valence electrons. The summed E-state index contributed by atoms with van der Waals surface area (Å²) in [6, 6.07) is 35.4. The molecule has 0 saturated carbocycles. The van der Waals surface area contributed by atoms with E-state index in [4.69, 9.17) is 32.5 Å². The first-order valence-corrected chi connectivity index (χ1v) is 29.4. The molecule has 0 amide bonds. The summed E-state index contributed by atoms with van der Waals surface area (Å²) in [5.41, 5.74) is 1.05. The molecule has 5 atom stereocenters. The molecule has 0 bridgehead atoms. The first-order chi connectivity index (χ1) is 27.0. The van der Waals surface area contributed by atoms with Gasteiger partial charge in [0.2, 0.25) is 0 Å². The maximum absolute atomic E-state index is 12.5. The lowest BCUT2D eigenvalue weighted by atomic mass is 9.97. The first-order valence-electron chi connectivity index (χ1n) is 21.3. The van der Waals surface area contributed by atoms with E-state index in [9.17, 15) is 5.11 Å². The second-order valence-corrected chi connectivity index (χ2v) is 32.9. The Morgan fingerprint density at radius 2 is 1.32 bits per heavy atom. The molecule has 57 heavy (non-hydrogen) atoms. The Morgan fingerprint density at radius 3 is 1.79 bits per heavy atom. The van der Waals surface area contributed by atoms with Crippen molar-refractivity contribution in [3.8, 4) is 0 Å². The zero-order chi connectivity index (χ0) is 41.7. The van der Waals surface area contributed by atoms with Crippen molar-refractivity contribution < 1.29 is 37.6 Å². The van der Waals surface area contributed by atoms with Crippen molar-refractivity contribution in [3.63, 3.8) is 0 Å². The number of aliphatic hydroxyl groups is 1. The van der Waals surface area contributed by atoms with Gasteiger partial charge in [0.15, 0.2) is 14.1 Å². The average molecular weight is 839 g/mol. The van der Waals surface area contributed by atoms with Crippen LogP contribution >= 0.6 is 0 Å². The molecule has 3 aromatic rings. The van der Waals surface area contributed by atoms with Gasteiger partial charge in [-0.1, -0.05) is 152 Å². The maximum Gasteiger partial charge on any atom is 0.261 e. The minimum absolute atomic E-state index is 0.0505. The number of ether oxygens (including phenoxy) is 5. The smallest absolute Gasteiger partial charge is 0.261 e. The van der Waals surface area contributed by atoms with E-state index in [-0.39, 0.29) is 18.4 Å². The fourth-order valence-corrected chi connectivity index (χ4v) is 16.1. The minimum atomic E-state index is -2.86. The van der Waals surface area contributed by atoms with Crippen LogP contribution in [0.3, 0.4) is 0 Å². The second kappa shape index (κ2) is 21.5. The summed E-state index contributed by atoms with van der Waals surface area (Å²) in [5, 5.41) is 14.7. The fraction of sp³-hybridized carbons (Fsp3) is 0.609. The Bertz CT molecular complexity index is 1510. The summed E-state index contributed by atoms with van der Waals surface area (Å²) in [7, 11) is -6.53. The standard InChI is InChI=1S/C46H74O8Si3/c1-12-56(13-2,14-3)54-44(42(47)41-35-51-46(7,8)53-41)43(50-36-48-32-33-55(9,10)11)40(49-34-37-24-18-15-19-25-37)30-31-52-57(45(4,5)6,38-26-20-16-21-27-38)39-28-22-17-23-29-39/h15-29,40-44,47H,12-14,30-36H2,1-11H3/t40-,41-,42+,43-,44-/m0/s1. The van der Waals surface area contributed by atoms with Gasteiger partial charge in [0.25, 0.3) is 8.32 Å². The third-order valence-corrected chi connectivity index (χ3v) is 22.9. The highest BCUT2D eigenvalue weighted by Gasteiger charge is 2.51. The SMILES string of the molecule is CC[Si](CC)(CC)O[C@@H]([C@H](O)[C@@H]1COC(C)(C)O1)[C@@H](OCOCC[Si](C)(C)C)[C@H](CCO[Si](c1ccccc1)(c1ccccc1)C(C)(C)C)OCc1ccccc1. The van der Waals surface area contributed by atoms with Crippen molar-refractivity contribution in [2.45, 2.75) is 154 Å². The van der Waals surface area contributed by atoms with Crippen LogP contribution in [0.5, 0.6) is 0 Å². The Balaban J connectivity index is 1.79. The molecule has 3 aromatic carbocycles. The summed E-state index contributed by atoms with van der Waals surface area (Å²) >= 11 is 0. The van der Waals surface area contributed by atoms with Crippen molar-refractivity contribution in [1.82, 2.24) is 0 Å². The van der Waals surface area contributed by atoms with Crippen LogP contribution in [0, 0.1) is 0 Å². The van der Waals surface area contributed by atoms with E-state index in [1.807, 2.05) is 32.0 Å². The van der Waals surface area contributed by atoms with Crippen molar-refractivity contribution in [2.75, 3.05) is 26.6 Å². The van der Waals surface area contributed by atoms with E-state index in [0.29, 0.717) is 26.2 Å². The van der Waals surface area contributed by atoms with Gasteiger partial charge in [0.05, 0.1) is 19.3 Å². The Hall–Kier alpha value is -2.01. The van der Waals surface area contributed by atoms with E-state index in [0.717, 1.165) is 29.7 Å². The lowest BCUT2D eigenvalue weighted by Gasteiger charge is -2.44. The van der Waals surface area contributed by atoms with Crippen LogP contribution in [0.1, 0.15) is 67.4 Å². The summed E-state index contributed by atoms with van der Waals surface area (Å²) in [4.78, 5) is 0. The van der Waals surface area contributed by atoms with Crippen molar-refractivity contribution in [2.24, 2.45) is 0 Å². The second-order valence-electron chi connectivity index (χ2n) is 18.3. The normalized spacial score (nSPS) is 18.6. The third-order valence-electron chi connectivity index (χ3n) is 11.5. The van der Waals surface area contributed by atoms with Crippen molar-refractivity contribution >= 4 is 35.1 Å². The fourth-order valence-electron chi connectivity index (χ4n) is 7.90. The highest BCUT2D eigenvalue weighted by Crippen LogP contribution is 2.38. The maximum atomic E-state index is 12.5. The Labute approximate surface area is 348 Å². The van der Waals surface area contributed by atoms with Gasteiger partial charge in [-0.05, 0) is 65.4 Å². The largest absolute Gasteiger partial charge is 0.408 e. The zero-order valence-electron chi connectivity index (χ0n) is 36.9. The molecule has 0 radical (unpaired) electrons. The molecule has 1 aliphatic heterocycles. The Kier molecular flexibility index (Phi) is 18.0. The molecule has 0 aromatic heterocycles. The van der Waals surface area contributed by atoms with E-state index >= 15 is 0 Å². The zero-order valence-corrected chi connectivity index (χ0v) is 39.9. The lowest BCUT2D eigenvalue weighted by molar-refractivity contribution is -0.206. The van der Waals surface area contributed by atoms with E-state index in [1.54, 1.807) is 0 Å². The molecule has 8 nitrogen and oxygen atoms in total.